The van der Waals surface area contributed by atoms with E-state index in [2.05, 4.69) is 27.8 Å². The second kappa shape index (κ2) is 7.23. The van der Waals surface area contributed by atoms with Crippen molar-refractivity contribution in [1.82, 2.24) is 10.2 Å². The Hall–Kier alpha value is -2.43. The predicted molar refractivity (Wildman–Crippen MR) is 79.8 cm³/mol. The van der Waals surface area contributed by atoms with Crippen LogP contribution in [0.4, 0.5) is 11.6 Å². The van der Waals surface area contributed by atoms with Gasteiger partial charge in [-0.05, 0) is 30.7 Å². The van der Waals surface area contributed by atoms with E-state index in [9.17, 15) is 4.79 Å². The lowest BCUT2D eigenvalue weighted by Gasteiger charge is -2.06. The third-order valence-corrected chi connectivity index (χ3v) is 2.78. The van der Waals surface area contributed by atoms with Gasteiger partial charge >= 0.3 is 0 Å². The van der Waals surface area contributed by atoms with E-state index in [4.69, 9.17) is 0 Å². The molecule has 0 spiro atoms. The minimum absolute atomic E-state index is 0.188. The molecule has 1 aromatic carbocycles. The molecule has 1 amide bonds. The third kappa shape index (κ3) is 4.05. The molecular formula is C15H18N4O. The molecule has 0 unspecified atom stereocenters. The van der Waals surface area contributed by atoms with Crippen LogP contribution in [-0.2, 0) is 0 Å². The Bertz CT molecular complexity index is 540. The van der Waals surface area contributed by atoms with Crippen molar-refractivity contribution in [2.75, 3.05) is 17.2 Å². The minimum atomic E-state index is -0.188. The Morgan fingerprint density at radius 3 is 2.40 bits per heavy atom. The zero-order valence-electron chi connectivity index (χ0n) is 11.5. The SMILES string of the molecule is CCCCNc1ccc(NC(=O)c2ccccc2)nn1. The van der Waals surface area contributed by atoms with E-state index in [1.54, 1.807) is 18.2 Å². The molecule has 1 heterocycles. The highest BCUT2D eigenvalue weighted by Gasteiger charge is 2.06. The van der Waals surface area contributed by atoms with E-state index >= 15 is 0 Å². The lowest BCUT2D eigenvalue weighted by molar-refractivity contribution is 0.102. The van der Waals surface area contributed by atoms with Crippen molar-refractivity contribution in [3.8, 4) is 0 Å². The van der Waals surface area contributed by atoms with Crippen molar-refractivity contribution >= 4 is 17.5 Å². The van der Waals surface area contributed by atoms with E-state index in [-0.39, 0.29) is 5.91 Å². The number of unbranched alkanes of at least 4 members (excludes halogenated alkanes) is 1. The molecule has 104 valence electrons. The molecule has 0 aliphatic carbocycles. The lowest BCUT2D eigenvalue weighted by Crippen LogP contribution is -2.13. The van der Waals surface area contributed by atoms with E-state index in [0.29, 0.717) is 11.4 Å². The smallest absolute Gasteiger partial charge is 0.256 e. The average Bonchev–Trinajstić information content (AvgIpc) is 2.50. The molecule has 0 radical (unpaired) electrons. The Morgan fingerprint density at radius 2 is 1.75 bits per heavy atom. The summed E-state index contributed by atoms with van der Waals surface area (Å²) in [7, 11) is 0. The van der Waals surface area contributed by atoms with Crippen molar-refractivity contribution in [3.05, 3.63) is 48.0 Å². The van der Waals surface area contributed by atoms with Gasteiger partial charge in [-0.1, -0.05) is 31.5 Å². The van der Waals surface area contributed by atoms with Crippen LogP contribution in [0.15, 0.2) is 42.5 Å². The van der Waals surface area contributed by atoms with E-state index < -0.39 is 0 Å². The van der Waals surface area contributed by atoms with Gasteiger partial charge < -0.3 is 10.6 Å². The molecular weight excluding hydrogens is 252 g/mol. The van der Waals surface area contributed by atoms with Crippen LogP contribution in [0, 0.1) is 0 Å². The van der Waals surface area contributed by atoms with E-state index in [1.165, 1.54) is 0 Å². The number of rotatable bonds is 6. The van der Waals surface area contributed by atoms with Crippen molar-refractivity contribution in [3.63, 3.8) is 0 Å². The van der Waals surface area contributed by atoms with Gasteiger partial charge in [-0.15, -0.1) is 10.2 Å². The molecule has 2 rings (SSSR count). The Labute approximate surface area is 118 Å². The summed E-state index contributed by atoms with van der Waals surface area (Å²) in [5.74, 6) is 0.975. The largest absolute Gasteiger partial charge is 0.369 e. The number of benzene rings is 1. The summed E-state index contributed by atoms with van der Waals surface area (Å²) in [4.78, 5) is 11.9. The summed E-state index contributed by atoms with van der Waals surface area (Å²) in [5, 5.41) is 13.9. The van der Waals surface area contributed by atoms with Crippen LogP contribution < -0.4 is 10.6 Å². The number of carbonyl (C=O) groups excluding carboxylic acids is 1. The molecule has 0 saturated carbocycles. The van der Waals surface area contributed by atoms with Crippen LogP contribution in [-0.4, -0.2) is 22.6 Å². The zero-order valence-corrected chi connectivity index (χ0v) is 11.5. The highest BCUT2D eigenvalue weighted by atomic mass is 16.1. The molecule has 5 heteroatoms. The number of hydrogen-bond donors (Lipinski definition) is 2. The molecule has 2 N–H and O–H groups in total. The van der Waals surface area contributed by atoms with Crippen molar-refractivity contribution in [1.29, 1.82) is 0 Å². The van der Waals surface area contributed by atoms with Gasteiger partial charge in [-0.3, -0.25) is 4.79 Å². The summed E-state index contributed by atoms with van der Waals surface area (Å²) in [6.07, 6.45) is 2.22. The molecule has 0 aliphatic heterocycles. The monoisotopic (exact) mass is 270 g/mol. The first-order valence-electron chi connectivity index (χ1n) is 6.73. The zero-order chi connectivity index (χ0) is 14.2. The Balaban J connectivity index is 1.92. The number of hydrogen-bond acceptors (Lipinski definition) is 4. The van der Waals surface area contributed by atoms with Crippen molar-refractivity contribution < 1.29 is 4.79 Å². The molecule has 0 aliphatic rings. The first-order valence-corrected chi connectivity index (χ1v) is 6.73. The van der Waals surface area contributed by atoms with Crippen molar-refractivity contribution in [2.24, 2.45) is 0 Å². The fourth-order valence-electron chi connectivity index (χ4n) is 1.66. The van der Waals surface area contributed by atoms with Gasteiger partial charge in [-0.25, -0.2) is 0 Å². The number of nitrogens with one attached hydrogen (secondary N) is 2. The topological polar surface area (TPSA) is 66.9 Å². The second-order valence-corrected chi connectivity index (χ2v) is 4.40. The number of aromatic nitrogens is 2. The van der Waals surface area contributed by atoms with Crippen LogP contribution in [0.2, 0.25) is 0 Å². The quantitative estimate of drug-likeness (QED) is 0.792. The van der Waals surface area contributed by atoms with E-state index in [0.717, 1.165) is 25.2 Å². The summed E-state index contributed by atoms with van der Waals surface area (Å²) in [6, 6.07) is 12.6. The normalized spacial score (nSPS) is 10.1. The maximum absolute atomic E-state index is 11.9. The van der Waals surface area contributed by atoms with Crippen LogP contribution in [0.5, 0.6) is 0 Å². The maximum Gasteiger partial charge on any atom is 0.256 e. The number of nitrogens with zero attached hydrogens (tertiary/aromatic N) is 2. The third-order valence-electron chi connectivity index (χ3n) is 2.78. The molecule has 5 nitrogen and oxygen atoms in total. The standard InChI is InChI=1S/C15H18N4O/c1-2-3-11-16-13-9-10-14(19-18-13)17-15(20)12-7-5-4-6-8-12/h4-10H,2-3,11H2,1H3,(H,16,18)(H,17,19,20). The fourth-order valence-corrected chi connectivity index (χ4v) is 1.66. The predicted octanol–water partition coefficient (Wildman–Crippen LogP) is 2.94. The van der Waals surface area contributed by atoms with Crippen LogP contribution in [0.3, 0.4) is 0 Å². The Morgan fingerprint density at radius 1 is 1.05 bits per heavy atom. The fraction of sp³-hybridized carbons (Fsp3) is 0.267. The van der Waals surface area contributed by atoms with Crippen LogP contribution in [0.25, 0.3) is 0 Å². The number of amides is 1. The molecule has 0 saturated heterocycles. The summed E-state index contributed by atoms with van der Waals surface area (Å²) >= 11 is 0. The molecule has 2 aromatic rings. The molecule has 0 fully saturated rings. The number of carbonyl (C=O) groups is 1. The molecule has 0 bridgehead atoms. The first kappa shape index (κ1) is 14.0. The molecule has 20 heavy (non-hydrogen) atoms. The lowest BCUT2D eigenvalue weighted by atomic mass is 10.2. The second-order valence-electron chi connectivity index (χ2n) is 4.40. The highest BCUT2D eigenvalue weighted by molar-refractivity contribution is 6.03. The van der Waals surface area contributed by atoms with Gasteiger partial charge in [0, 0.05) is 12.1 Å². The number of anilines is 2. The van der Waals surface area contributed by atoms with Gasteiger partial charge in [0.2, 0.25) is 0 Å². The summed E-state index contributed by atoms with van der Waals surface area (Å²) < 4.78 is 0. The maximum atomic E-state index is 11.9. The van der Waals surface area contributed by atoms with Gasteiger partial charge in [0.15, 0.2) is 5.82 Å². The van der Waals surface area contributed by atoms with Gasteiger partial charge in [0.05, 0.1) is 0 Å². The van der Waals surface area contributed by atoms with Crippen molar-refractivity contribution in [2.45, 2.75) is 19.8 Å². The van der Waals surface area contributed by atoms with Gasteiger partial charge in [0.25, 0.3) is 5.91 Å². The van der Waals surface area contributed by atoms with E-state index in [1.807, 2.05) is 24.3 Å². The summed E-state index contributed by atoms with van der Waals surface area (Å²) in [5.41, 5.74) is 0.597. The molecule has 1 aromatic heterocycles. The minimum Gasteiger partial charge on any atom is -0.369 e. The Kier molecular flexibility index (Phi) is 5.06. The first-order chi connectivity index (χ1) is 9.79. The van der Waals surface area contributed by atoms with Gasteiger partial charge in [0.1, 0.15) is 5.82 Å². The van der Waals surface area contributed by atoms with Gasteiger partial charge in [-0.2, -0.15) is 0 Å². The van der Waals surface area contributed by atoms with Crippen LogP contribution in [0.1, 0.15) is 30.1 Å². The van der Waals surface area contributed by atoms with Crippen LogP contribution >= 0.6 is 0 Å². The average molecular weight is 270 g/mol. The highest BCUT2D eigenvalue weighted by Crippen LogP contribution is 2.08. The summed E-state index contributed by atoms with van der Waals surface area (Å²) in [6.45, 7) is 3.01. The molecule has 0 atom stereocenters.